The summed E-state index contributed by atoms with van der Waals surface area (Å²) in [6.07, 6.45) is 1.16. The van der Waals surface area contributed by atoms with E-state index in [2.05, 4.69) is 48.0 Å². The minimum Gasteiger partial charge on any atom is -0.369 e. The minimum absolute atomic E-state index is 0.709. The summed E-state index contributed by atoms with van der Waals surface area (Å²) in [5.74, 6) is 1.21. The number of thioether (sulfide) groups is 1. The molecule has 1 aliphatic rings. The van der Waals surface area contributed by atoms with Gasteiger partial charge in [-0.15, -0.1) is 0 Å². The summed E-state index contributed by atoms with van der Waals surface area (Å²) >= 11 is 8.21. The molecule has 1 fully saturated rings. The Morgan fingerprint density at radius 3 is 3.05 bits per heavy atom. The van der Waals surface area contributed by atoms with E-state index in [-0.39, 0.29) is 0 Å². The maximum Gasteiger partial charge on any atom is 0.0413 e. The van der Waals surface area contributed by atoms with Gasteiger partial charge in [0.2, 0.25) is 0 Å². The van der Waals surface area contributed by atoms with Crippen molar-refractivity contribution in [3.63, 3.8) is 0 Å². The number of benzene rings is 1. The quantitative estimate of drug-likeness (QED) is 0.833. The van der Waals surface area contributed by atoms with Crippen LogP contribution in [0.25, 0.3) is 0 Å². The van der Waals surface area contributed by atoms with E-state index in [1.807, 2.05) is 6.07 Å². The van der Waals surface area contributed by atoms with Crippen LogP contribution in [0.5, 0.6) is 0 Å². The van der Waals surface area contributed by atoms with Gasteiger partial charge in [-0.25, -0.2) is 0 Å². The van der Waals surface area contributed by atoms with E-state index in [0.717, 1.165) is 37.6 Å². The zero-order valence-corrected chi connectivity index (χ0v) is 13.4. The molecule has 1 atom stereocenters. The Morgan fingerprint density at radius 2 is 2.32 bits per heavy atom. The van der Waals surface area contributed by atoms with Crippen LogP contribution < -0.4 is 10.2 Å². The summed E-state index contributed by atoms with van der Waals surface area (Å²) in [6.45, 7) is 8.72. The maximum atomic E-state index is 6.15. The first-order valence-electron chi connectivity index (χ1n) is 7.06. The molecule has 4 heteroatoms. The van der Waals surface area contributed by atoms with Gasteiger partial charge in [-0.3, -0.25) is 0 Å². The number of rotatable bonds is 5. The molecule has 1 unspecified atom stereocenters. The third-order valence-corrected chi connectivity index (χ3v) is 4.74. The Labute approximate surface area is 125 Å². The van der Waals surface area contributed by atoms with Gasteiger partial charge in [-0.05, 0) is 36.7 Å². The second-order valence-corrected chi connectivity index (χ2v) is 7.06. The maximum absolute atomic E-state index is 6.15. The topological polar surface area (TPSA) is 15.3 Å². The first kappa shape index (κ1) is 15.0. The van der Waals surface area contributed by atoms with Crippen LogP contribution in [0.4, 0.5) is 5.69 Å². The molecule has 0 saturated carbocycles. The lowest BCUT2D eigenvalue weighted by Gasteiger charge is -2.34. The molecule has 2 nitrogen and oxygen atoms in total. The van der Waals surface area contributed by atoms with Crippen molar-refractivity contribution in [2.24, 2.45) is 0 Å². The Kier molecular flexibility index (Phi) is 5.86. The summed E-state index contributed by atoms with van der Waals surface area (Å²) in [5, 5.41) is 5.02. The second kappa shape index (κ2) is 7.41. The Hall–Kier alpha value is -0.380. The summed E-state index contributed by atoms with van der Waals surface area (Å²) in [5.41, 5.74) is 2.67. The van der Waals surface area contributed by atoms with Crippen molar-refractivity contribution in [3.8, 4) is 0 Å². The smallest absolute Gasteiger partial charge is 0.0413 e. The van der Waals surface area contributed by atoms with Crippen molar-refractivity contribution in [2.75, 3.05) is 30.3 Å². The number of anilines is 1. The van der Waals surface area contributed by atoms with Crippen molar-refractivity contribution in [1.82, 2.24) is 5.32 Å². The van der Waals surface area contributed by atoms with Crippen molar-refractivity contribution < 1.29 is 0 Å². The monoisotopic (exact) mass is 298 g/mol. The lowest BCUT2D eigenvalue weighted by Crippen LogP contribution is -2.37. The average Bonchev–Trinajstić information content (AvgIpc) is 2.39. The van der Waals surface area contributed by atoms with Crippen LogP contribution in [0.2, 0.25) is 5.02 Å². The van der Waals surface area contributed by atoms with Crippen LogP contribution in [-0.4, -0.2) is 30.6 Å². The van der Waals surface area contributed by atoms with Gasteiger partial charge in [0.15, 0.2) is 0 Å². The van der Waals surface area contributed by atoms with E-state index in [1.54, 1.807) is 0 Å². The molecule has 0 spiro atoms. The molecular formula is C15H23ClN2S. The number of hydrogen-bond donors (Lipinski definition) is 1. The Morgan fingerprint density at radius 1 is 1.47 bits per heavy atom. The normalized spacial score (nSPS) is 19.7. The fourth-order valence-corrected chi connectivity index (χ4v) is 3.65. The molecule has 1 aromatic rings. The lowest BCUT2D eigenvalue weighted by atomic mass is 10.1. The summed E-state index contributed by atoms with van der Waals surface area (Å²) < 4.78 is 0. The molecule has 0 bridgehead atoms. The Balaban J connectivity index is 2.13. The van der Waals surface area contributed by atoms with Crippen molar-refractivity contribution >= 4 is 29.1 Å². The molecule has 1 N–H and O–H groups in total. The highest BCUT2D eigenvalue weighted by molar-refractivity contribution is 8.00. The average molecular weight is 299 g/mol. The van der Waals surface area contributed by atoms with Crippen LogP contribution in [0, 0.1) is 0 Å². The summed E-state index contributed by atoms with van der Waals surface area (Å²) in [6, 6.07) is 6.28. The van der Waals surface area contributed by atoms with Crippen LogP contribution in [0.1, 0.15) is 25.8 Å². The van der Waals surface area contributed by atoms with Gasteiger partial charge in [0, 0.05) is 41.3 Å². The van der Waals surface area contributed by atoms with Gasteiger partial charge in [-0.2, -0.15) is 11.8 Å². The molecule has 0 radical (unpaired) electrons. The fourth-order valence-electron chi connectivity index (χ4n) is 2.44. The molecular weight excluding hydrogens is 276 g/mol. The lowest BCUT2D eigenvalue weighted by molar-refractivity contribution is 0.671. The van der Waals surface area contributed by atoms with E-state index >= 15 is 0 Å². The number of halogens is 1. The zero-order valence-electron chi connectivity index (χ0n) is 11.8. The highest BCUT2D eigenvalue weighted by atomic mass is 35.5. The molecule has 0 aliphatic carbocycles. The molecule has 19 heavy (non-hydrogen) atoms. The largest absolute Gasteiger partial charge is 0.369 e. The molecule has 1 aliphatic heterocycles. The van der Waals surface area contributed by atoms with E-state index < -0.39 is 0 Å². The van der Waals surface area contributed by atoms with E-state index in [1.165, 1.54) is 17.0 Å². The molecule has 106 valence electrons. The zero-order chi connectivity index (χ0) is 13.7. The summed E-state index contributed by atoms with van der Waals surface area (Å²) in [7, 11) is 0. The van der Waals surface area contributed by atoms with E-state index in [4.69, 9.17) is 11.6 Å². The van der Waals surface area contributed by atoms with Crippen LogP contribution in [-0.2, 0) is 6.54 Å². The first-order chi connectivity index (χ1) is 9.20. The third-order valence-electron chi connectivity index (χ3n) is 3.37. The van der Waals surface area contributed by atoms with Crippen molar-refractivity contribution in [3.05, 3.63) is 28.8 Å². The molecule has 1 saturated heterocycles. The van der Waals surface area contributed by atoms with E-state index in [9.17, 15) is 0 Å². The second-order valence-electron chi connectivity index (χ2n) is 5.08. The van der Waals surface area contributed by atoms with Gasteiger partial charge in [0.1, 0.15) is 0 Å². The van der Waals surface area contributed by atoms with Gasteiger partial charge >= 0.3 is 0 Å². The predicted molar refractivity (Wildman–Crippen MR) is 87.6 cm³/mol. The van der Waals surface area contributed by atoms with Gasteiger partial charge < -0.3 is 10.2 Å². The van der Waals surface area contributed by atoms with Gasteiger partial charge in [-0.1, -0.05) is 25.4 Å². The van der Waals surface area contributed by atoms with Gasteiger partial charge in [0.25, 0.3) is 0 Å². The van der Waals surface area contributed by atoms with Crippen LogP contribution >= 0.6 is 23.4 Å². The van der Waals surface area contributed by atoms with E-state index in [0.29, 0.717) is 5.25 Å². The van der Waals surface area contributed by atoms with Crippen molar-refractivity contribution in [1.29, 1.82) is 0 Å². The van der Waals surface area contributed by atoms with Crippen molar-refractivity contribution in [2.45, 2.75) is 32.1 Å². The summed E-state index contributed by atoms with van der Waals surface area (Å²) in [4.78, 5) is 2.50. The third kappa shape index (κ3) is 4.30. The standard InChI is InChI=1S/C15H23ClN2S/c1-3-6-17-10-13-9-14(16)4-5-15(13)18-7-8-19-12(2)11-18/h4-5,9,12,17H,3,6-8,10-11H2,1-2H3. The number of nitrogens with one attached hydrogen (secondary N) is 1. The molecule has 0 aromatic heterocycles. The highest BCUT2D eigenvalue weighted by Gasteiger charge is 2.19. The molecule has 0 amide bonds. The number of nitrogens with zero attached hydrogens (tertiary/aromatic N) is 1. The first-order valence-corrected chi connectivity index (χ1v) is 8.49. The SMILES string of the molecule is CCCNCc1cc(Cl)ccc1N1CCSC(C)C1. The molecule has 1 aromatic carbocycles. The highest BCUT2D eigenvalue weighted by Crippen LogP contribution is 2.28. The number of hydrogen-bond acceptors (Lipinski definition) is 3. The molecule has 1 heterocycles. The minimum atomic E-state index is 0.709. The Bertz CT molecular complexity index is 411. The van der Waals surface area contributed by atoms with Gasteiger partial charge in [0.05, 0.1) is 0 Å². The van der Waals surface area contributed by atoms with Crippen LogP contribution in [0.15, 0.2) is 18.2 Å². The fraction of sp³-hybridized carbons (Fsp3) is 0.600. The predicted octanol–water partition coefficient (Wildman–Crippen LogP) is 3.78. The molecule has 2 rings (SSSR count). The van der Waals surface area contributed by atoms with Crippen LogP contribution in [0.3, 0.4) is 0 Å².